The van der Waals surface area contributed by atoms with Gasteiger partial charge in [0.15, 0.2) is 0 Å². The molecule has 1 aromatic heterocycles. The van der Waals surface area contributed by atoms with E-state index >= 15 is 0 Å². The molecule has 3 aromatic rings. The standard InChI is InChI=1S/C31H35ClN4O4/c1-18(37)34(5)21-16-31(17-21)22-10-9-20(19-11-13-35(14-12-19)29(39)40-30(2,3)4)15-25(22)36-24-8-6-7-23(32)26(24)27(38)33-28(31)36/h6-10,15,19,21H,11-14,16-17H2,1-5H3. The Bertz CT molecular complexity index is 1590. The molecule has 1 saturated heterocycles. The number of piperidine rings is 1. The van der Waals surface area contributed by atoms with E-state index in [2.05, 4.69) is 27.8 Å². The fraction of sp³-hybridized carbons (Fsp3) is 0.484. The van der Waals surface area contributed by atoms with Gasteiger partial charge in [-0.1, -0.05) is 29.8 Å². The Morgan fingerprint density at radius 3 is 2.48 bits per heavy atom. The van der Waals surface area contributed by atoms with Gasteiger partial charge in [0.1, 0.15) is 11.4 Å². The van der Waals surface area contributed by atoms with Crippen molar-refractivity contribution in [3.8, 4) is 5.69 Å². The van der Waals surface area contributed by atoms with Gasteiger partial charge in [0.2, 0.25) is 5.91 Å². The number of ether oxygens (including phenoxy) is 1. The van der Waals surface area contributed by atoms with E-state index in [1.165, 1.54) is 5.56 Å². The molecule has 6 rings (SSSR count). The number of hydrogen-bond donors (Lipinski definition) is 0. The lowest BCUT2D eigenvalue weighted by atomic mass is 9.61. The molecule has 1 spiro atoms. The lowest BCUT2D eigenvalue weighted by Gasteiger charge is -2.48. The van der Waals surface area contributed by atoms with Crippen LogP contribution in [0, 0.1) is 0 Å². The van der Waals surface area contributed by atoms with E-state index in [1.54, 1.807) is 22.8 Å². The molecule has 3 aliphatic rings. The van der Waals surface area contributed by atoms with Gasteiger partial charge in [-0.2, -0.15) is 4.98 Å². The van der Waals surface area contributed by atoms with Crippen molar-refractivity contribution in [2.45, 2.75) is 76.4 Å². The van der Waals surface area contributed by atoms with Gasteiger partial charge in [0.25, 0.3) is 5.56 Å². The van der Waals surface area contributed by atoms with Crippen LogP contribution in [0.2, 0.25) is 5.02 Å². The summed E-state index contributed by atoms with van der Waals surface area (Å²) in [5, 5.41) is 0.810. The van der Waals surface area contributed by atoms with E-state index in [9.17, 15) is 14.4 Å². The summed E-state index contributed by atoms with van der Waals surface area (Å²) >= 11 is 6.50. The predicted octanol–water partition coefficient (Wildman–Crippen LogP) is 5.39. The minimum absolute atomic E-state index is 0.0294. The molecule has 2 fully saturated rings. The van der Waals surface area contributed by atoms with Crippen LogP contribution in [0.5, 0.6) is 0 Å². The molecule has 40 heavy (non-hydrogen) atoms. The van der Waals surface area contributed by atoms with Crippen molar-refractivity contribution in [1.29, 1.82) is 0 Å². The van der Waals surface area contributed by atoms with Gasteiger partial charge < -0.3 is 14.5 Å². The number of likely N-dealkylation sites (tertiary alicyclic amines) is 1. The summed E-state index contributed by atoms with van der Waals surface area (Å²) in [6.07, 6.45) is 2.85. The molecule has 0 N–H and O–H groups in total. The Hall–Kier alpha value is -3.39. The number of rotatable bonds is 2. The number of nitrogens with zero attached hydrogens (tertiary/aromatic N) is 4. The van der Waals surface area contributed by atoms with Crippen LogP contribution >= 0.6 is 11.6 Å². The SMILES string of the molecule is CC(=O)N(C)C1CC2(C1)c1ccc(C3CCN(C(=O)OC(C)(C)C)CC3)cc1-n1c2nc(=O)c2c(Cl)cccc21. The maximum absolute atomic E-state index is 13.2. The molecule has 0 unspecified atom stereocenters. The summed E-state index contributed by atoms with van der Waals surface area (Å²) in [6.45, 7) is 8.52. The van der Waals surface area contributed by atoms with E-state index in [4.69, 9.17) is 16.3 Å². The molecule has 2 amide bonds. The average molecular weight is 563 g/mol. The van der Waals surface area contributed by atoms with Crippen molar-refractivity contribution >= 4 is 34.5 Å². The van der Waals surface area contributed by atoms with Crippen molar-refractivity contribution in [3.63, 3.8) is 0 Å². The number of hydrogen-bond acceptors (Lipinski definition) is 5. The molecule has 3 heterocycles. The number of carbonyl (C=O) groups is 2. The largest absolute Gasteiger partial charge is 0.444 e. The first-order chi connectivity index (χ1) is 18.9. The monoisotopic (exact) mass is 562 g/mol. The third-order valence-corrected chi connectivity index (χ3v) is 9.22. The molecule has 0 radical (unpaired) electrons. The highest BCUT2D eigenvalue weighted by Crippen LogP contribution is 2.56. The zero-order valence-corrected chi connectivity index (χ0v) is 24.4. The molecule has 2 aliphatic heterocycles. The zero-order chi connectivity index (χ0) is 28.6. The Morgan fingerprint density at radius 2 is 1.82 bits per heavy atom. The third-order valence-electron chi connectivity index (χ3n) is 8.90. The van der Waals surface area contributed by atoms with Gasteiger partial charge in [-0.05, 0) is 81.7 Å². The summed E-state index contributed by atoms with van der Waals surface area (Å²) in [5.74, 6) is 1.05. The van der Waals surface area contributed by atoms with Crippen LogP contribution in [0.1, 0.15) is 76.2 Å². The van der Waals surface area contributed by atoms with Crippen LogP contribution in [0.25, 0.3) is 16.6 Å². The number of carbonyl (C=O) groups excluding carboxylic acids is 2. The first kappa shape index (κ1) is 26.8. The molecular formula is C31H35ClN4O4. The second-order valence-electron chi connectivity index (χ2n) is 12.5. The van der Waals surface area contributed by atoms with Gasteiger partial charge in [-0.15, -0.1) is 0 Å². The molecule has 1 aliphatic carbocycles. The highest BCUT2D eigenvalue weighted by atomic mass is 35.5. The molecular weight excluding hydrogens is 528 g/mol. The number of amides is 2. The van der Waals surface area contributed by atoms with Gasteiger partial charge in [0.05, 0.1) is 27.0 Å². The smallest absolute Gasteiger partial charge is 0.410 e. The average Bonchev–Trinajstić information content (AvgIpc) is 3.16. The summed E-state index contributed by atoms with van der Waals surface area (Å²) in [6, 6.07) is 12.2. The maximum Gasteiger partial charge on any atom is 0.410 e. The van der Waals surface area contributed by atoms with Crippen molar-refractivity contribution in [2.75, 3.05) is 20.1 Å². The first-order valence-electron chi connectivity index (χ1n) is 14.0. The Morgan fingerprint density at radius 1 is 1.12 bits per heavy atom. The second-order valence-corrected chi connectivity index (χ2v) is 12.9. The minimum Gasteiger partial charge on any atom is -0.444 e. The fourth-order valence-corrected chi connectivity index (χ4v) is 6.96. The highest BCUT2D eigenvalue weighted by Gasteiger charge is 2.56. The lowest BCUT2D eigenvalue weighted by Crippen LogP contribution is -2.54. The molecule has 2 aromatic carbocycles. The van der Waals surface area contributed by atoms with Crippen LogP contribution in [0.15, 0.2) is 41.2 Å². The number of aromatic nitrogens is 2. The maximum atomic E-state index is 13.2. The Balaban J connectivity index is 1.38. The number of fused-ring (bicyclic) bond motifs is 7. The van der Waals surface area contributed by atoms with E-state index in [-0.39, 0.29) is 23.6 Å². The number of benzene rings is 2. The molecule has 0 bridgehead atoms. The number of halogens is 1. The van der Waals surface area contributed by atoms with Crippen LogP contribution in [-0.2, 0) is 14.9 Å². The van der Waals surface area contributed by atoms with E-state index in [0.29, 0.717) is 42.3 Å². The van der Waals surface area contributed by atoms with Crippen LogP contribution in [-0.4, -0.2) is 63.1 Å². The van der Waals surface area contributed by atoms with Gasteiger partial charge >= 0.3 is 6.09 Å². The van der Waals surface area contributed by atoms with Crippen molar-refractivity contribution in [2.24, 2.45) is 0 Å². The zero-order valence-electron chi connectivity index (χ0n) is 23.7. The van der Waals surface area contributed by atoms with Crippen LogP contribution in [0.4, 0.5) is 4.79 Å². The second kappa shape index (κ2) is 9.33. The third kappa shape index (κ3) is 4.19. The minimum atomic E-state index is -0.516. The Labute approximate surface area is 238 Å². The molecule has 9 heteroatoms. The molecule has 1 saturated carbocycles. The highest BCUT2D eigenvalue weighted by molar-refractivity contribution is 6.35. The first-order valence-corrected chi connectivity index (χ1v) is 14.4. The van der Waals surface area contributed by atoms with Crippen molar-refractivity contribution < 1.29 is 14.3 Å². The van der Waals surface area contributed by atoms with Gasteiger partial charge in [-0.25, -0.2) is 4.79 Å². The normalized spacial score (nSPS) is 22.1. The quantitative estimate of drug-likeness (QED) is 0.418. The van der Waals surface area contributed by atoms with Crippen LogP contribution < -0.4 is 5.56 Å². The van der Waals surface area contributed by atoms with Crippen LogP contribution in [0.3, 0.4) is 0 Å². The molecule has 0 atom stereocenters. The van der Waals surface area contributed by atoms with Crippen molar-refractivity contribution in [3.05, 3.63) is 68.7 Å². The topological polar surface area (TPSA) is 84.7 Å². The van der Waals surface area contributed by atoms with E-state index in [0.717, 1.165) is 35.4 Å². The van der Waals surface area contributed by atoms with Crippen molar-refractivity contribution in [1.82, 2.24) is 19.4 Å². The van der Waals surface area contributed by atoms with Gasteiger partial charge in [-0.3, -0.25) is 14.2 Å². The fourth-order valence-electron chi connectivity index (χ4n) is 6.70. The predicted molar refractivity (Wildman–Crippen MR) is 154 cm³/mol. The van der Waals surface area contributed by atoms with E-state index in [1.807, 2.05) is 40.0 Å². The summed E-state index contributed by atoms with van der Waals surface area (Å²) in [5.41, 5.74) is 2.84. The van der Waals surface area contributed by atoms with E-state index < -0.39 is 11.0 Å². The molecule has 8 nitrogen and oxygen atoms in total. The summed E-state index contributed by atoms with van der Waals surface area (Å²) in [4.78, 5) is 46.1. The molecule has 210 valence electrons. The lowest BCUT2D eigenvalue weighted by molar-refractivity contribution is -0.132. The summed E-state index contributed by atoms with van der Waals surface area (Å²) in [7, 11) is 1.84. The van der Waals surface area contributed by atoms with Gasteiger partial charge in [0, 0.05) is 33.1 Å². The Kier molecular flexibility index (Phi) is 6.26. The summed E-state index contributed by atoms with van der Waals surface area (Å²) < 4.78 is 7.69.